The van der Waals surface area contributed by atoms with Crippen LogP contribution < -0.4 is 0 Å². The van der Waals surface area contributed by atoms with E-state index in [1.165, 1.54) is 39.0 Å². The first-order valence-corrected chi connectivity index (χ1v) is 4.93. The molecule has 1 rings (SSSR count). The molecule has 78 valence electrons. The Morgan fingerprint density at radius 3 is 2.07 bits per heavy atom. The quantitative estimate of drug-likeness (QED) is 0.515. The smallest absolute Gasteiger partial charge is 0.330 e. The number of carbonyl (C=O) groups is 1. The summed E-state index contributed by atoms with van der Waals surface area (Å²) in [5, 5.41) is 7.89. The van der Waals surface area contributed by atoms with Crippen molar-refractivity contribution in [1.29, 1.82) is 0 Å². The summed E-state index contributed by atoms with van der Waals surface area (Å²) in [6.07, 6.45) is 11.9. The maximum absolute atomic E-state index is 9.60. The normalized spacial score (nSPS) is 16.0. The van der Waals surface area contributed by atoms with Gasteiger partial charge in [-0.05, 0) is 19.8 Å². The predicted molar refractivity (Wildman–Crippen MR) is 57.9 cm³/mol. The van der Waals surface area contributed by atoms with Crippen LogP contribution >= 0.6 is 0 Å². The molecule has 0 bridgehead atoms. The summed E-state index contributed by atoms with van der Waals surface area (Å²) in [5.74, 6) is 2.48. The van der Waals surface area contributed by atoms with E-state index in [2.05, 4.69) is 12.5 Å². The van der Waals surface area contributed by atoms with E-state index in [0.717, 1.165) is 0 Å². The van der Waals surface area contributed by atoms with Gasteiger partial charge in [-0.2, -0.15) is 0 Å². The Hall–Kier alpha value is -1.23. The standard InChI is InChI=1S/C8H12.C4H6O2/c1-2-8-6-4-3-5-7-8;1-3(2)4(5)6/h1,8H,3-7H2;1H2,2H3,(H,5,6). The Labute approximate surface area is 86.0 Å². The highest BCUT2D eigenvalue weighted by molar-refractivity contribution is 5.84. The lowest BCUT2D eigenvalue weighted by atomic mass is 9.90. The molecule has 0 saturated heterocycles. The van der Waals surface area contributed by atoms with Gasteiger partial charge in [0.25, 0.3) is 0 Å². The molecule has 0 aliphatic heterocycles. The maximum atomic E-state index is 9.60. The fraction of sp³-hybridized carbons (Fsp3) is 0.583. The van der Waals surface area contributed by atoms with Crippen LogP contribution in [0.25, 0.3) is 0 Å². The molecule has 1 N–H and O–H groups in total. The minimum absolute atomic E-state index is 0.176. The largest absolute Gasteiger partial charge is 0.478 e. The van der Waals surface area contributed by atoms with Gasteiger partial charge in [-0.25, -0.2) is 4.79 Å². The van der Waals surface area contributed by atoms with E-state index >= 15 is 0 Å². The lowest BCUT2D eigenvalue weighted by Gasteiger charge is -2.14. The lowest BCUT2D eigenvalue weighted by molar-refractivity contribution is -0.132. The number of carboxylic acid groups (broad SMARTS) is 1. The van der Waals surface area contributed by atoms with Crippen molar-refractivity contribution in [2.45, 2.75) is 39.0 Å². The van der Waals surface area contributed by atoms with E-state index in [4.69, 9.17) is 11.5 Å². The third-order valence-electron chi connectivity index (χ3n) is 2.21. The number of hydrogen-bond donors (Lipinski definition) is 1. The molecule has 14 heavy (non-hydrogen) atoms. The van der Waals surface area contributed by atoms with Gasteiger partial charge in [0.15, 0.2) is 0 Å². The van der Waals surface area contributed by atoms with Crippen molar-refractivity contribution in [3.05, 3.63) is 12.2 Å². The molecule has 1 saturated carbocycles. The SMILES string of the molecule is C#CC1CCCCC1.C=C(C)C(=O)O. The van der Waals surface area contributed by atoms with Crippen molar-refractivity contribution < 1.29 is 9.90 Å². The van der Waals surface area contributed by atoms with Crippen molar-refractivity contribution in [1.82, 2.24) is 0 Å². The molecule has 0 aromatic rings. The average molecular weight is 194 g/mol. The maximum Gasteiger partial charge on any atom is 0.330 e. The van der Waals surface area contributed by atoms with Gasteiger partial charge in [0.05, 0.1) is 0 Å². The number of hydrogen-bond acceptors (Lipinski definition) is 1. The molecule has 0 spiro atoms. The van der Waals surface area contributed by atoms with Gasteiger partial charge in [-0.15, -0.1) is 12.3 Å². The summed E-state index contributed by atoms with van der Waals surface area (Å²) in [5.41, 5.74) is 0.176. The van der Waals surface area contributed by atoms with Gasteiger partial charge in [0, 0.05) is 11.5 Å². The highest BCUT2D eigenvalue weighted by atomic mass is 16.4. The topological polar surface area (TPSA) is 37.3 Å². The van der Waals surface area contributed by atoms with Gasteiger partial charge >= 0.3 is 5.97 Å². The number of rotatable bonds is 1. The van der Waals surface area contributed by atoms with Gasteiger partial charge in [-0.1, -0.05) is 25.8 Å². The predicted octanol–water partition coefficient (Wildman–Crippen LogP) is 2.85. The fourth-order valence-corrected chi connectivity index (χ4v) is 1.27. The number of terminal acetylenes is 1. The molecule has 2 nitrogen and oxygen atoms in total. The molecule has 1 fully saturated rings. The minimum Gasteiger partial charge on any atom is -0.478 e. The van der Waals surface area contributed by atoms with Crippen molar-refractivity contribution in [3.8, 4) is 12.3 Å². The van der Waals surface area contributed by atoms with Crippen molar-refractivity contribution >= 4 is 5.97 Å². The molecule has 0 aromatic carbocycles. The van der Waals surface area contributed by atoms with Crippen molar-refractivity contribution in [3.63, 3.8) is 0 Å². The van der Waals surface area contributed by atoms with Gasteiger partial charge in [0.1, 0.15) is 0 Å². The Bertz CT molecular complexity index is 217. The van der Waals surface area contributed by atoms with E-state index in [0.29, 0.717) is 5.92 Å². The first-order valence-electron chi connectivity index (χ1n) is 4.93. The molecule has 0 radical (unpaired) electrons. The van der Waals surface area contributed by atoms with Gasteiger partial charge in [-0.3, -0.25) is 0 Å². The summed E-state index contributed by atoms with van der Waals surface area (Å²) < 4.78 is 0. The second-order valence-electron chi connectivity index (χ2n) is 3.59. The van der Waals surface area contributed by atoms with Crippen LogP contribution in [0.5, 0.6) is 0 Å². The van der Waals surface area contributed by atoms with Crippen LogP contribution in [-0.4, -0.2) is 11.1 Å². The zero-order chi connectivity index (χ0) is 11.0. The van der Waals surface area contributed by atoms with Crippen molar-refractivity contribution in [2.24, 2.45) is 5.92 Å². The lowest BCUT2D eigenvalue weighted by Crippen LogP contribution is -2.02. The van der Waals surface area contributed by atoms with Crippen LogP contribution in [0.4, 0.5) is 0 Å². The number of carboxylic acids is 1. The van der Waals surface area contributed by atoms with E-state index in [9.17, 15) is 4.79 Å². The van der Waals surface area contributed by atoms with Crippen LogP contribution in [0.2, 0.25) is 0 Å². The molecule has 1 aliphatic carbocycles. The Kier molecular flexibility index (Phi) is 6.57. The second-order valence-corrected chi connectivity index (χ2v) is 3.59. The van der Waals surface area contributed by atoms with E-state index in [1.807, 2.05) is 0 Å². The molecular formula is C12H18O2. The summed E-state index contributed by atoms with van der Waals surface area (Å²) >= 11 is 0. The highest BCUT2D eigenvalue weighted by Gasteiger charge is 2.08. The van der Waals surface area contributed by atoms with Gasteiger partial charge in [0.2, 0.25) is 0 Å². The first kappa shape index (κ1) is 12.8. The van der Waals surface area contributed by atoms with E-state index in [-0.39, 0.29) is 5.57 Å². The average Bonchev–Trinajstić information content (AvgIpc) is 2.20. The van der Waals surface area contributed by atoms with Crippen LogP contribution in [0.1, 0.15) is 39.0 Å². The molecule has 0 aromatic heterocycles. The van der Waals surface area contributed by atoms with Crippen LogP contribution in [0.3, 0.4) is 0 Å². The summed E-state index contributed by atoms with van der Waals surface area (Å²) in [4.78, 5) is 9.60. The molecule has 2 heteroatoms. The Balaban J connectivity index is 0.000000255. The van der Waals surface area contributed by atoms with E-state index in [1.54, 1.807) is 0 Å². The van der Waals surface area contributed by atoms with E-state index < -0.39 is 5.97 Å². The van der Waals surface area contributed by atoms with Gasteiger partial charge < -0.3 is 5.11 Å². The highest BCUT2D eigenvalue weighted by Crippen LogP contribution is 2.22. The Morgan fingerprint density at radius 2 is 1.86 bits per heavy atom. The molecular weight excluding hydrogens is 176 g/mol. The van der Waals surface area contributed by atoms with Crippen LogP contribution in [-0.2, 0) is 4.79 Å². The molecule has 1 aliphatic rings. The fourth-order valence-electron chi connectivity index (χ4n) is 1.27. The first-order chi connectivity index (χ1) is 6.57. The summed E-state index contributed by atoms with van der Waals surface area (Å²) in [7, 11) is 0. The minimum atomic E-state index is -0.935. The zero-order valence-electron chi connectivity index (χ0n) is 8.75. The summed E-state index contributed by atoms with van der Waals surface area (Å²) in [6, 6.07) is 0. The molecule has 0 amide bonds. The van der Waals surface area contributed by atoms with Crippen LogP contribution in [0.15, 0.2) is 12.2 Å². The molecule has 0 heterocycles. The monoisotopic (exact) mass is 194 g/mol. The third kappa shape index (κ3) is 6.30. The van der Waals surface area contributed by atoms with Crippen LogP contribution in [0, 0.1) is 18.3 Å². The second kappa shape index (κ2) is 7.20. The zero-order valence-corrected chi connectivity index (χ0v) is 8.75. The Morgan fingerprint density at radius 1 is 1.43 bits per heavy atom. The molecule has 0 atom stereocenters. The van der Waals surface area contributed by atoms with Crippen molar-refractivity contribution in [2.75, 3.05) is 0 Å². The molecule has 0 unspecified atom stereocenters. The third-order valence-corrected chi connectivity index (χ3v) is 2.21. The summed E-state index contributed by atoms with van der Waals surface area (Å²) in [6.45, 7) is 4.60. The number of aliphatic carboxylic acids is 1.